The number of aliphatic hydroxyl groups is 3. The minimum absolute atomic E-state index is 0.0136. The van der Waals surface area contributed by atoms with E-state index >= 15 is 0 Å². The first kappa shape index (κ1) is 32.3. The number of aliphatic hydroxyl groups excluding tert-OH is 3. The second kappa shape index (κ2) is 22.5. The van der Waals surface area contributed by atoms with Crippen LogP contribution in [0.15, 0.2) is 0 Å². The molecule has 1 heterocycles. The van der Waals surface area contributed by atoms with Gasteiger partial charge >= 0.3 is 5.97 Å². The van der Waals surface area contributed by atoms with Crippen molar-refractivity contribution in [2.75, 3.05) is 13.2 Å². The van der Waals surface area contributed by atoms with Crippen LogP contribution in [0.1, 0.15) is 142 Å². The zero-order valence-corrected chi connectivity index (χ0v) is 22.6. The van der Waals surface area contributed by atoms with Gasteiger partial charge in [-0.3, -0.25) is 4.79 Å². The maximum absolute atomic E-state index is 12.0. The Balaban J connectivity index is 1.81. The first-order chi connectivity index (χ1) is 17.1. The summed E-state index contributed by atoms with van der Waals surface area (Å²) in [6.45, 7) is 2.19. The minimum atomic E-state index is -1.37. The largest absolute Gasteiger partial charge is 0.457 e. The van der Waals surface area contributed by atoms with Crippen molar-refractivity contribution in [2.24, 2.45) is 0 Å². The van der Waals surface area contributed by atoms with Crippen LogP contribution in [0.5, 0.6) is 0 Å². The van der Waals surface area contributed by atoms with Gasteiger partial charge in [0.2, 0.25) is 0 Å². The summed E-state index contributed by atoms with van der Waals surface area (Å²) < 4.78 is 10.4. The van der Waals surface area contributed by atoms with Crippen LogP contribution in [-0.2, 0) is 14.3 Å². The number of hydrogen-bond acceptors (Lipinski definition) is 6. The number of esters is 1. The van der Waals surface area contributed by atoms with Gasteiger partial charge < -0.3 is 24.8 Å². The van der Waals surface area contributed by atoms with Crippen molar-refractivity contribution in [1.82, 2.24) is 0 Å². The molecular weight excluding hydrogens is 444 g/mol. The van der Waals surface area contributed by atoms with Crippen molar-refractivity contribution >= 4 is 5.97 Å². The number of carbonyl (C=O) groups is 1. The molecule has 208 valence electrons. The third-order valence-corrected chi connectivity index (χ3v) is 7.21. The molecular formula is C29H56O6. The summed E-state index contributed by atoms with van der Waals surface area (Å²) in [6.07, 6.45) is 21.9. The molecule has 0 aromatic carbocycles. The molecule has 6 nitrogen and oxygen atoms in total. The molecule has 1 aliphatic heterocycles. The summed E-state index contributed by atoms with van der Waals surface area (Å²) in [5.74, 6) is -0.386. The quantitative estimate of drug-likeness (QED) is 0.121. The Morgan fingerprint density at radius 1 is 0.629 bits per heavy atom. The van der Waals surface area contributed by atoms with E-state index in [2.05, 4.69) is 6.92 Å². The lowest BCUT2D eigenvalue weighted by atomic mass is 10.0. The summed E-state index contributed by atoms with van der Waals surface area (Å²) in [5, 5.41) is 29.4. The summed E-state index contributed by atoms with van der Waals surface area (Å²) in [4.78, 5) is 12.0. The van der Waals surface area contributed by atoms with Gasteiger partial charge in [0, 0.05) is 6.42 Å². The van der Waals surface area contributed by atoms with E-state index in [0.29, 0.717) is 6.42 Å². The summed E-state index contributed by atoms with van der Waals surface area (Å²) in [7, 11) is 0. The molecule has 0 saturated carbocycles. The van der Waals surface area contributed by atoms with E-state index in [9.17, 15) is 20.1 Å². The van der Waals surface area contributed by atoms with Crippen molar-refractivity contribution in [3.8, 4) is 0 Å². The van der Waals surface area contributed by atoms with Gasteiger partial charge in [0.05, 0.1) is 13.2 Å². The van der Waals surface area contributed by atoms with Gasteiger partial charge in [-0.2, -0.15) is 0 Å². The van der Waals surface area contributed by atoms with Gasteiger partial charge in [-0.15, -0.1) is 0 Å². The van der Waals surface area contributed by atoms with E-state index in [0.717, 1.165) is 19.3 Å². The third-order valence-electron chi connectivity index (χ3n) is 7.21. The van der Waals surface area contributed by atoms with Crippen LogP contribution in [0, 0.1) is 0 Å². The maximum Gasteiger partial charge on any atom is 0.306 e. The highest BCUT2D eigenvalue weighted by atomic mass is 16.6. The highest BCUT2D eigenvalue weighted by molar-refractivity contribution is 5.69. The number of unbranched alkanes of at least 4 members (excludes halogenated alkanes) is 19. The first-order valence-corrected chi connectivity index (χ1v) is 14.9. The van der Waals surface area contributed by atoms with Gasteiger partial charge in [-0.25, -0.2) is 0 Å². The van der Waals surface area contributed by atoms with Crippen molar-refractivity contribution in [1.29, 1.82) is 0 Å². The monoisotopic (exact) mass is 500 g/mol. The van der Waals surface area contributed by atoms with E-state index in [4.69, 9.17) is 9.47 Å². The van der Waals surface area contributed by atoms with Gasteiger partial charge in [-0.05, 0) is 6.42 Å². The fraction of sp³-hybridized carbons (Fsp3) is 0.966. The first-order valence-electron chi connectivity index (χ1n) is 14.9. The normalized spacial score (nSPS) is 22.7. The minimum Gasteiger partial charge on any atom is -0.457 e. The molecule has 1 rings (SSSR count). The molecule has 35 heavy (non-hydrogen) atoms. The molecule has 0 unspecified atom stereocenters. The Hall–Kier alpha value is -0.690. The van der Waals surface area contributed by atoms with E-state index in [-0.39, 0.29) is 19.2 Å². The fourth-order valence-corrected chi connectivity index (χ4v) is 4.81. The number of carbonyl (C=O) groups excluding carboxylic acids is 1. The van der Waals surface area contributed by atoms with Crippen molar-refractivity contribution in [3.63, 3.8) is 0 Å². The maximum atomic E-state index is 12.0. The smallest absolute Gasteiger partial charge is 0.306 e. The summed E-state index contributed by atoms with van der Waals surface area (Å²) in [6, 6.07) is 0. The Labute approximate surface area is 215 Å². The molecule has 1 aliphatic rings. The zero-order valence-electron chi connectivity index (χ0n) is 22.6. The average molecular weight is 501 g/mol. The number of hydrogen-bond donors (Lipinski definition) is 3. The molecule has 0 bridgehead atoms. The predicted molar refractivity (Wildman–Crippen MR) is 141 cm³/mol. The van der Waals surface area contributed by atoms with Crippen LogP contribution in [0.2, 0.25) is 0 Å². The zero-order chi connectivity index (χ0) is 25.6. The SMILES string of the molecule is CCCCCCCCCCCCCCCCCCCCCCC(=O)O[C@@H]1COC[C@@H](O)[C@@H](O)[C@@H]1O. The molecule has 0 spiro atoms. The van der Waals surface area contributed by atoms with Crippen molar-refractivity contribution < 1.29 is 29.6 Å². The van der Waals surface area contributed by atoms with Crippen LogP contribution in [-0.4, -0.2) is 58.9 Å². The highest BCUT2D eigenvalue weighted by Gasteiger charge is 2.36. The van der Waals surface area contributed by atoms with E-state index in [1.165, 1.54) is 109 Å². The van der Waals surface area contributed by atoms with Gasteiger partial charge in [0.1, 0.15) is 18.3 Å². The van der Waals surface area contributed by atoms with E-state index < -0.39 is 24.4 Å². The van der Waals surface area contributed by atoms with Crippen LogP contribution in [0.3, 0.4) is 0 Å². The van der Waals surface area contributed by atoms with Crippen LogP contribution >= 0.6 is 0 Å². The molecule has 6 heteroatoms. The van der Waals surface area contributed by atoms with Gasteiger partial charge in [-0.1, -0.05) is 129 Å². The van der Waals surface area contributed by atoms with Crippen LogP contribution < -0.4 is 0 Å². The van der Waals surface area contributed by atoms with Crippen LogP contribution in [0.4, 0.5) is 0 Å². The van der Waals surface area contributed by atoms with E-state index in [1.54, 1.807) is 0 Å². The molecule has 4 atom stereocenters. The Kier molecular flexibility index (Phi) is 20.8. The summed E-state index contributed by atoms with van der Waals surface area (Å²) in [5.41, 5.74) is 0. The molecule has 0 aromatic rings. The Bertz CT molecular complexity index is 486. The van der Waals surface area contributed by atoms with E-state index in [1.807, 2.05) is 0 Å². The molecule has 1 fully saturated rings. The highest BCUT2D eigenvalue weighted by Crippen LogP contribution is 2.17. The lowest BCUT2D eigenvalue weighted by molar-refractivity contribution is -0.163. The molecule has 0 aromatic heterocycles. The topological polar surface area (TPSA) is 96.2 Å². The third kappa shape index (κ3) is 17.4. The number of rotatable bonds is 22. The Morgan fingerprint density at radius 2 is 1.03 bits per heavy atom. The second-order valence-electron chi connectivity index (χ2n) is 10.6. The summed E-state index contributed by atoms with van der Waals surface area (Å²) >= 11 is 0. The standard InChI is InChI=1S/C29H56O6/c1-2-3-4-5-6-7-8-9-10-11-12-13-14-15-16-17-18-19-20-21-22-27(31)35-26-24-34-23-25(30)28(32)29(26)33/h25-26,28-30,32-33H,2-24H2,1H3/t25-,26-,28-,29-/m1/s1. The van der Waals surface area contributed by atoms with Crippen molar-refractivity contribution in [3.05, 3.63) is 0 Å². The lowest BCUT2D eigenvalue weighted by Gasteiger charge is -2.24. The van der Waals surface area contributed by atoms with Crippen LogP contribution in [0.25, 0.3) is 0 Å². The molecule has 1 saturated heterocycles. The lowest BCUT2D eigenvalue weighted by Crippen LogP contribution is -2.45. The van der Waals surface area contributed by atoms with Crippen molar-refractivity contribution in [2.45, 2.75) is 166 Å². The fourth-order valence-electron chi connectivity index (χ4n) is 4.81. The Morgan fingerprint density at radius 3 is 1.46 bits per heavy atom. The second-order valence-corrected chi connectivity index (χ2v) is 10.6. The molecule has 0 radical (unpaired) electrons. The molecule has 0 amide bonds. The van der Waals surface area contributed by atoms with Gasteiger partial charge in [0.15, 0.2) is 6.10 Å². The predicted octanol–water partition coefficient (Wildman–Crippen LogP) is 6.22. The number of ether oxygens (including phenoxy) is 2. The molecule has 0 aliphatic carbocycles. The molecule has 3 N–H and O–H groups in total. The average Bonchev–Trinajstić information content (AvgIpc) is 2.96. The van der Waals surface area contributed by atoms with Gasteiger partial charge in [0.25, 0.3) is 0 Å².